The fourth-order valence-corrected chi connectivity index (χ4v) is 3.32. The maximum atomic E-state index is 9.13. The Hall–Kier alpha value is -2.16. The molecule has 128 valence electrons. The van der Waals surface area contributed by atoms with Gasteiger partial charge < -0.3 is 20.3 Å². The van der Waals surface area contributed by atoms with Crippen molar-refractivity contribution in [1.29, 1.82) is 0 Å². The molecule has 0 bridgehead atoms. The first-order chi connectivity index (χ1) is 11.1. The summed E-state index contributed by atoms with van der Waals surface area (Å²) in [5.41, 5.74) is 5.14. The van der Waals surface area contributed by atoms with Crippen molar-refractivity contribution in [1.82, 2.24) is 19.9 Å². The molecule has 3 rings (SSSR count). The van der Waals surface area contributed by atoms with Crippen LogP contribution in [0.15, 0.2) is 23.5 Å². The summed E-state index contributed by atoms with van der Waals surface area (Å²) in [6.45, 7) is 3.92. The molecule has 0 fully saturated rings. The number of fused-ring (bicyclic) bond motifs is 1. The van der Waals surface area contributed by atoms with Gasteiger partial charge >= 0.3 is 0 Å². The maximum Gasteiger partial charge on any atom is 0.178 e. The second-order valence-electron chi connectivity index (χ2n) is 5.21. The van der Waals surface area contributed by atoms with E-state index in [1.54, 1.807) is 24.9 Å². The van der Waals surface area contributed by atoms with Gasteiger partial charge in [0.2, 0.25) is 0 Å². The molecule has 0 saturated heterocycles. The number of pyridine rings is 2. The van der Waals surface area contributed by atoms with E-state index in [-0.39, 0.29) is 12.1 Å². The molecule has 8 heteroatoms. The second kappa shape index (κ2) is 7.61. The molecule has 0 aliphatic carbocycles. The quantitative estimate of drug-likeness (QED) is 0.681. The predicted molar refractivity (Wildman–Crippen MR) is 93.2 cm³/mol. The van der Waals surface area contributed by atoms with Gasteiger partial charge in [0.05, 0.1) is 30.6 Å². The smallest absolute Gasteiger partial charge is 0.178 e. The Kier molecular flexibility index (Phi) is 5.76. The number of rotatable bonds is 5. The number of thioether (sulfide) groups is 1. The van der Waals surface area contributed by atoms with E-state index in [1.807, 2.05) is 26.1 Å². The summed E-state index contributed by atoms with van der Waals surface area (Å²) in [7, 11) is 1.68. The largest absolute Gasteiger partial charge is 0.496 e. The summed E-state index contributed by atoms with van der Waals surface area (Å²) in [6, 6.07) is 3.66. The van der Waals surface area contributed by atoms with Gasteiger partial charge in [-0.05, 0) is 26.0 Å². The van der Waals surface area contributed by atoms with Gasteiger partial charge in [-0.3, -0.25) is 4.98 Å². The first kappa shape index (κ1) is 18.2. The van der Waals surface area contributed by atoms with E-state index in [4.69, 9.17) is 9.84 Å². The number of hydrogen-bond donors (Lipinski definition) is 2. The Bertz CT molecular complexity index is 851. The average Bonchev–Trinajstić information content (AvgIpc) is 2.96. The third-order valence-corrected chi connectivity index (χ3v) is 4.52. The molecule has 0 spiro atoms. The minimum absolute atomic E-state index is 0. The summed E-state index contributed by atoms with van der Waals surface area (Å²) in [5.74, 6) is 1.57. The number of nitrogens with zero attached hydrogens (tertiary/aromatic N) is 3. The summed E-state index contributed by atoms with van der Waals surface area (Å²) in [5, 5.41) is 9.91. The molecule has 0 atom stereocenters. The number of ether oxygens (including phenoxy) is 1. The van der Waals surface area contributed by atoms with E-state index >= 15 is 0 Å². The van der Waals surface area contributed by atoms with Gasteiger partial charge in [0, 0.05) is 23.1 Å². The lowest BCUT2D eigenvalue weighted by molar-refractivity contribution is 0.277. The second-order valence-corrected chi connectivity index (χ2v) is 6.17. The van der Waals surface area contributed by atoms with Gasteiger partial charge in [-0.1, -0.05) is 11.8 Å². The van der Waals surface area contributed by atoms with Gasteiger partial charge in [-0.2, -0.15) is 0 Å². The molecule has 24 heavy (non-hydrogen) atoms. The van der Waals surface area contributed by atoms with Gasteiger partial charge in [0.1, 0.15) is 5.75 Å². The van der Waals surface area contributed by atoms with E-state index in [9.17, 15) is 0 Å². The van der Waals surface area contributed by atoms with E-state index in [0.29, 0.717) is 17.1 Å². The Balaban J connectivity index is 0.00000208. The minimum atomic E-state index is -0.0858. The van der Waals surface area contributed by atoms with Gasteiger partial charge in [0.25, 0.3) is 0 Å². The number of aliphatic hydroxyl groups is 1. The number of aryl methyl sites for hydroxylation is 1. The highest BCUT2D eigenvalue weighted by molar-refractivity contribution is 7.98. The maximum absolute atomic E-state index is 9.13. The van der Waals surface area contributed by atoms with Crippen molar-refractivity contribution in [3.05, 3.63) is 40.8 Å². The fraction of sp³-hybridized carbons (Fsp3) is 0.312. The number of aromatic nitrogens is 4. The molecule has 0 radical (unpaired) electrons. The number of nitrogens with one attached hydrogen (secondary N) is 1. The van der Waals surface area contributed by atoms with E-state index < -0.39 is 0 Å². The molecule has 0 amide bonds. The van der Waals surface area contributed by atoms with E-state index in [2.05, 4.69) is 19.9 Å². The zero-order chi connectivity index (χ0) is 16.4. The number of imidazole rings is 1. The van der Waals surface area contributed by atoms with Crippen LogP contribution >= 0.6 is 11.8 Å². The summed E-state index contributed by atoms with van der Waals surface area (Å²) in [4.78, 5) is 16.5. The number of H-pyrrole nitrogens is 1. The van der Waals surface area contributed by atoms with Crippen molar-refractivity contribution in [2.45, 2.75) is 31.4 Å². The number of aliphatic hydroxyl groups excluding tert-OH is 1. The monoisotopic (exact) mass is 348 g/mol. The lowest BCUT2D eigenvalue weighted by atomic mass is 10.1. The van der Waals surface area contributed by atoms with Crippen LogP contribution in [0.2, 0.25) is 0 Å². The fourth-order valence-electron chi connectivity index (χ4n) is 2.42. The van der Waals surface area contributed by atoms with E-state index in [0.717, 1.165) is 33.2 Å². The van der Waals surface area contributed by atoms with Gasteiger partial charge in [-0.25, -0.2) is 9.97 Å². The van der Waals surface area contributed by atoms with Crippen LogP contribution in [0.25, 0.3) is 11.2 Å². The highest BCUT2D eigenvalue weighted by Gasteiger charge is 2.11. The molecule has 3 aromatic heterocycles. The molecule has 0 aliphatic rings. The molecule has 0 aromatic carbocycles. The molecule has 0 aliphatic heterocycles. The topological polar surface area (TPSA) is 115 Å². The van der Waals surface area contributed by atoms with Crippen LogP contribution in [0.3, 0.4) is 0 Å². The van der Waals surface area contributed by atoms with Crippen LogP contribution < -0.4 is 4.74 Å². The Morgan fingerprint density at radius 1 is 1.25 bits per heavy atom. The summed E-state index contributed by atoms with van der Waals surface area (Å²) < 4.78 is 5.44. The van der Waals surface area contributed by atoms with Crippen molar-refractivity contribution in [2.24, 2.45) is 0 Å². The molecule has 4 N–H and O–H groups in total. The van der Waals surface area contributed by atoms with Crippen LogP contribution in [0.4, 0.5) is 0 Å². The third-order valence-electron chi connectivity index (χ3n) is 3.64. The molecular weight excluding hydrogens is 328 g/mol. The zero-order valence-electron chi connectivity index (χ0n) is 13.8. The van der Waals surface area contributed by atoms with Gasteiger partial charge in [-0.15, -0.1) is 0 Å². The first-order valence-corrected chi connectivity index (χ1v) is 8.19. The Morgan fingerprint density at radius 3 is 2.75 bits per heavy atom. The van der Waals surface area contributed by atoms with Crippen molar-refractivity contribution in [3.63, 3.8) is 0 Å². The lowest BCUT2D eigenvalue weighted by Gasteiger charge is -2.11. The normalized spacial score (nSPS) is 10.7. The summed E-state index contributed by atoms with van der Waals surface area (Å²) in [6.07, 6.45) is 1.83. The molecule has 3 aromatic rings. The molecule has 0 unspecified atom stereocenters. The molecule has 7 nitrogen and oxygen atoms in total. The molecule has 0 saturated carbocycles. The van der Waals surface area contributed by atoms with Crippen molar-refractivity contribution < 1.29 is 15.3 Å². The van der Waals surface area contributed by atoms with Gasteiger partial charge in [0.15, 0.2) is 10.8 Å². The zero-order valence-corrected chi connectivity index (χ0v) is 14.6. The van der Waals surface area contributed by atoms with Crippen LogP contribution in [0.5, 0.6) is 5.75 Å². The SMILES string of the molecule is COc1c(C)cnc(CSc2nc3nc(CO)ccc3[nH]2)c1C.O. The highest BCUT2D eigenvalue weighted by atomic mass is 32.2. The van der Waals surface area contributed by atoms with Crippen molar-refractivity contribution in [2.75, 3.05) is 7.11 Å². The Labute approximate surface area is 143 Å². The standard InChI is InChI=1S/C16H18N4O2S.H2O/c1-9-6-17-13(10(2)14(9)22-3)8-23-16-19-12-5-4-11(7-21)18-15(12)20-16;/h4-6,21H,7-8H2,1-3H3,(H,18,19,20);1H2. The predicted octanol–water partition coefficient (Wildman–Crippen LogP) is 1.94. The van der Waals surface area contributed by atoms with Crippen LogP contribution in [-0.4, -0.2) is 37.6 Å². The minimum Gasteiger partial charge on any atom is -0.496 e. The number of methoxy groups -OCH3 is 1. The number of aromatic amines is 1. The van der Waals surface area contributed by atoms with Crippen LogP contribution in [-0.2, 0) is 12.4 Å². The lowest BCUT2D eigenvalue weighted by Crippen LogP contribution is -1.98. The molecular formula is C16H20N4O3S. The Morgan fingerprint density at radius 2 is 2.04 bits per heavy atom. The van der Waals surface area contributed by atoms with Crippen molar-refractivity contribution >= 4 is 22.9 Å². The van der Waals surface area contributed by atoms with Crippen LogP contribution in [0, 0.1) is 13.8 Å². The third kappa shape index (κ3) is 3.50. The van der Waals surface area contributed by atoms with E-state index in [1.165, 1.54) is 0 Å². The number of hydrogen-bond acceptors (Lipinski definition) is 6. The average molecular weight is 348 g/mol. The molecule has 3 heterocycles. The van der Waals surface area contributed by atoms with Crippen molar-refractivity contribution in [3.8, 4) is 5.75 Å². The van der Waals surface area contributed by atoms with Crippen LogP contribution in [0.1, 0.15) is 22.5 Å². The first-order valence-electron chi connectivity index (χ1n) is 7.20. The highest BCUT2D eigenvalue weighted by Crippen LogP contribution is 2.28. The summed E-state index contributed by atoms with van der Waals surface area (Å²) >= 11 is 1.56.